The van der Waals surface area contributed by atoms with Crippen LogP contribution in [0.1, 0.15) is 45.4 Å². The summed E-state index contributed by atoms with van der Waals surface area (Å²) in [5.74, 6) is -5.69. The highest BCUT2D eigenvalue weighted by molar-refractivity contribution is 6.03. The molecular weight excluding hydrogens is 546 g/mol. The van der Waals surface area contributed by atoms with Gasteiger partial charge in [0.15, 0.2) is 0 Å². The first-order valence-corrected chi connectivity index (χ1v) is 14.5. The minimum Gasteiger partial charge on any atom is -0.378 e. The first-order valence-electron chi connectivity index (χ1n) is 14.5. The van der Waals surface area contributed by atoms with Crippen molar-refractivity contribution >= 4 is 17.7 Å². The molecule has 0 aromatic carbocycles. The molecule has 2 saturated carbocycles. The van der Waals surface area contributed by atoms with Gasteiger partial charge in [-0.25, -0.2) is 4.39 Å². The minimum absolute atomic E-state index is 0.0413. The van der Waals surface area contributed by atoms with Crippen LogP contribution in [0.5, 0.6) is 0 Å². The summed E-state index contributed by atoms with van der Waals surface area (Å²) in [7, 11) is 0. The van der Waals surface area contributed by atoms with Gasteiger partial charge in [0.25, 0.3) is 0 Å². The lowest BCUT2D eigenvalue weighted by molar-refractivity contribution is -0.211. The second-order valence-electron chi connectivity index (χ2n) is 12.1. The smallest absolute Gasteiger partial charge is 0.378 e. The summed E-state index contributed by atoms with van der Waals surface area (Å²) in [5.41, 5.74) is 0.204. The van der Waals surface area contributed by atoms with Crippen molar-refractivity contribution in [3.05, 3.63) is 11.6 Å². The number of nitrogens with zero attached hydrogens (tertiary/aromatic N) is 3. The van der Waals surface area contributed by atoms with Crippen LogP contribution in [-0.4, -0.2) is 96.9 Å². The Morgan fingerprint density at radius 1 is 1.17 bits per heavy atom. The van der Waals surface area contributed by atoms with E-state index >= 15 is 0 Å². The van der Waals surface area contributed by atoms with Gasteiger partial charge in [0.2, 0.25) is 17.7 Å². The van der Waals surface area contributed by atoms with E-state index < -0.39 is 71.9 Å². The van der Waals surface area contributed by atoms with Crippen molar-refractivity contribution in [3.8, 4) is 6.07 Å². The Hall–Kier alpha value is -2.72. The number of halogens is 4. The van der Waals surface area contributed by atoms with Crippen molar-refractivity contribution < 1.29 is 36.7 Å². The highest BCUT2D eigenvalue weighted by atomic mass is 19.4. The van der Waals surface area contributed by atoms with Gasteiger partial charge in [-0.3, -0.25) is 19.3 Å². The zero-order valence-electron chi connectivity index (χ0n) is 23.0. The van der Waals surface area contributed by atoms with Crippen LogP contribution < -0.4 is 10.6 Å². The van der Waals surface area contributed by atoms with E-state index in [1.54, 1.807) is 11.8 Å². The molecule has 0 aromatic rings. The van der Waals surface area contributed by atoms with Crippen molar-refractivity contribution in [1.82, 2.24) is 20.4 Å². The van der Waals surface area contributed by atoms with E-state index in [1.165, 1.54) is 11.0 Å². The molecule has 2 aliphatic carbocycles. The number of nitrogens with one attached hydrogen (secondary N) is 2. The summed E-state index contributed by atoms with van der Waals surface area (Å²) in [6, 6.07) is -0.866. The van der Waals surface area contributed by atoms with Crippen molar-refractivity contribution in [2.45, 2.75) is 82.0 Å². The number of hydrogen-bond donors (Lipinski definition) is 2. The van der Waals surface area contributed by atoms with Crippen LogP contribution in [-0.2, 0) is 19.1 Å². The Labute approximate surface area is 236 Å². The monoisotopic (exact) mass is 583 g/mol. The molecule has 5 rings (SSSR count). The maximum absolute atomic E-state index is 14.5. The maximum atomic E-state index is 14.5. The SMILES string of the molecule is C[C@@H]1C[C@@H](NC(=O)C2=CC(=O)NC3C(F)CCCC23)CN1C1C(C(=O)N2CCOCC2)CC(C#N)CC1C(F)(F)F. The third-order valence-corrected chi connectivity index (χ3v) is 9.56. The topological polar surface area (TPSA) is 115 Å². The molecule has 3 heterocycles. The zero-order valence-corrected chi connectivity index (χ0v) is 23.0. The molecule has 3 aliphatic heterocycles. The van der Waals surface area contributed by atoms with Crippen LogP contribution in [0.25, 0.3) is 0 Å². The van der Waals surface area contributed by atoms with Crippen LogP contribution in [0.2, 0.25) is 0 Å². The fourth-order valence-electron chi connectivity index (χ4n) is 7.65. The lowest BCUT2D eigenvalue weighted by atomic mass is 9.70. The zero-order chi connectivity index (χ0) is 29.5. The van der Waals surface area contributed by atoms with Gasteiger partial charge in [-0.15, -0.1) is 0 Å². The summed E-state index contributed by atoms with van der Waals surface area (Å²) in [6.07, 6.45) is -3.21. The number of ether oxygens (including phenoxy) is 1. The number of carbonyl (C=O) groups is 3. The Balaban J connectivity index is 1.36. The second kappa shape index (κ2) is 11.9. The van der Waals surface area contributed by atoms with E-state index in [2.05, 4.69) is 10.6 Å². The first-order chi connectivity index (χ1) is 19.5. The predicted octanol–water partition coefficient (Wildman–Crippen LogP) is 2.08. The normalized spacial score (nSPS) is 38.3. The van der Waals surface area contributed by atoms with Crippen LogP contribution >= 0.6 is 0 Å². The lowest BCUT2D eigenvalue weighted by Crippen LogP contribution is -2.59. The summed E-state index contributed by atoms with van der Waals surface area (Å²) in [5, 5.41) is 15.1. The fourth-order valence-corrected chi connectivity index (χ4v) is 7.65. The van der Waals surface area contributed by atoms with Gasteiger partial charge in [0.05, 0.1) is 37.2 Å². The Bertz CT molecular complexity index is 1100. The molecule has 41 heavy (non-hydrogen) atoms. The molecule has 5 aliphatic rings. The summed E-state index contributed by atoms with van der Waals surface area (Å²) < 4.78 is 63.4. The Kier molecular flexibility index (Phi) is 8.62. The van der Waals surface area contributed by atoms with Crippen molar-refractivity contribution in [3.63, 3.8) is 0 Å². The average molecular weight is 584 g/mol. The second-order valence-corrected chi connectivity index (χ2v) is 12.1. The van der Waals surface area contributed by atoms with Crippen LogP contribution in [0.4, 0.5) is 17.6 Å². The molecule has 9 nitrogen and oxygen atoms in total. The highest BCUT2D eigenvalue weighted by Gasteiger charge is 2.57. The molecule has 226 valence electrons. The molecule has 4 fully saturated rings. The number of rotatable bonds is 4. The van der Waals surface area contributed by atoms with E-state index in [1.807, 2.05) is 6.07 Å². The molecule has 0 spiro atoms. The minimum atomic E-state index is -4.62. The largest absolute Gasteiger partial charge is 0.393 e. The molecule has 0 radical (unpaired) electrons. The van der Waals surface area contributed by atoms with Gasteiger partial charge in [-0.1, -0.05) is 0 Å². The van der Waals surface area contributed by atoms with Gasteiger partial charge >= 0.3 is 6.18 Å². The van der Waals surface area contributed by atoms with Crippen molar-refractivity contribution in [2.75, 3.05) is 32.8 Å². The van der Waals surface area contributed by atoms with E-state index in [0.717, 1.165) is 0 Å². The number of alkyl halides is 4. The quantitative estimate of drug-likeness (QED) is 0.490. The number of carbonyl (C=O) groups excluding carboxylic acids is 3. The number of nitriles is 1. The molecule has 0 bridgehead atoms. The van der Waals surface area contributed by atoms with E-state index in [9.17, 15) is 37.2 Å². The first kappa shape index (κ1) is 29.8. The summed E-state index contributed by atoms with van der Waals surface area (Å²) in [4.78, 5) is 42.4. The predicted molar refractivity (Wildman–Crippen MR) is 138 cm³/mol. The number of hydrogen-bond acceptors (Lipinski definition) is 6. The third-order valence-electron chi connectivity index (χ3n) is 9.56. The van der Waals surface area contributed by atoms with Crippen LogP contribution in [0, 0.1) is 35.0 Å². The van der Waals surface area contributed by atoms with Gasteiger partial charge in [-0.05, 0) is 45.4 Å². The molecule has 2 saturated heterocycles. The Morgan fingerprint density at radius 3 is 2.59 bits per heavy atom. The molecule has 3 amide bonds. The Morgan fingerprint density at radius 2 is 1.90 bits per heavy atom. The number of likely N-dealkylation sites (tertiary alicyclic amines) is 1. The van der Waals surface area contributed by atoms with Crippen LogP contribution in [0.15, 0.2) is 11.6 Å². The van der Waals surface area contributed by atoms with E-state index in [4.69, 9.17) is 4.74 Å². The molecule has 2 N–H and O–H groups in total. The van der Waals surface area contributed by atoms with Gasteiger partial charge in [0, 0.05) is 61.2 Å². The molecular formula is C28H37F4N5O4. The fraction of sp³-hybridized carbons (Fsp3) is 0.786. The lowest BCUT2D eigenvalue weighted by Gasteiger charge is -2.47. The van der Waals surface area contributed by atoms with E-state index in [0.29, 0.717) is 38.9 Å². The van der Waals surface area contributed by atoms with Gasteiger partial charge < -0.3 is 20.3 Å². The summed E-state index contributed by atoms with van der Waals surface area (Å²) in [6.45, 7) is 3.06. The van der Waals surface area contributed by atoms with Crippen molar-refractivity contribution in [1.29, 1.82) is 5.26 Å². The maximum Gasteiger partial charge on any atom is 0.393 e. The molecule has 13 heteroatoms. The standard InChI is InChI=1S/C28H37F4N5O4/c1-15-9-17(34-26(39)19-12-23(38)35-24-18(19)3-2-4-22(24)29)14-37(15)25-20(27(40)36-5-7-41-8-6-36)10-16(13-33)11-21(25)28(30,31)32/h12,15-18,20-22,24-25H,2-11,14H2,1H3,(H,34,39)(H,35,38)/t15-,16?,17-,18?,20?,21?,22?,24?,25?/m1/s1. The molecule has 7 unspecified atom stereocenters. The molecule has 9 atom stereocenters. The average Bonchev–Trinajstić information content (AvgIpc) is 3.31. The van der Waals surface area contributed by atoms with Crippen LogP contribution in [0.3, 0.4) is 0 Å². The number of amides is 3. The van der Waals surface area contributed by atoms with Gasteiger partial charge in [0.1, 0.15) is 6.17 Å². The summed E-state index contributed by atoms with van der Waals surface area (Å²) >= 11 is 0. The van der Waals surface area contributed by atoms with Crippen molar-refractivity contribution in [2.24, 2.45) is 23.7 Å². The van der Waals surface area contributed by atoms with E-state index in [-0.39, 0.29) is 44.1 Å². The number of morpholine rings is 1. The third kappa shape index (κ3) is 6.09. The highest BCUT2D eigenvalue weighted by Crippen LogP contribution is 2.47. The number of fused-ring (bicyclic) bond motifs is 1. The molecule has 0 aromatic heterocycles. The van der Waals surface area contributed by atoms with Gasteiger partial charge in [-0.2, -0.15) is 18.4 Å².